The topological polar surface area (TPSA) is 130 Å². The molecule has 1 aromatic rings. The first kappa shape index (κ1) is 27.5. The lowest BCUT2D eigenvalue weighted by Crippen LogP contribution is -2.57. The highest BCUT2D eigenvalue weighted by Gasteiger charge is 2.36. The molecule has 3 rings (SSSR count). The number of nitrogens with zero attached hydrogens (tertiary/aromatic N) is 2. The van der Waals surface area contributed by atoms with Gasteiger partial charge in [0.2, 0.25) is 0 Å². The fourth-order valence-corrected chi connectivity index (χ4v) is 4.27. The summed E-state index contributed by atoms with van der Waals surface area (Å²) < 4.78 is 10.5. The third kappa shape index (κ3) is 8.87. The van der Waals surface area contributed by atoms with E-state index in [1.807, 2.05) is 0 Å². The molecule has 3 heterocycles. The largest absolute Gasteiger partial charge is 0.480 e. The number of alkyl carbamates (subject to hydrolysis) is 1. The van der Waals surface area contributed by atoms with Gasteiger partial charge in [-0.1, -0.05) is 31.7 Å². The van der Waals surface area contributed by atoms with Crippen LogP contribution in [0.5, 0.6) is 0 Å². The van der Waals surface area contributed by atoms with Crippen molar-refractivity contribution in [3.63, 3.8) is 0 Å². The molecule has 0 saturated carbocycles. The van der Waals surface area contributed by atoms with E-state index in [0.717, 1.165) is 63.0 Å². The smallest absolute Gasteiger partial charge is 0.410 e. The maximum absolute atomic E-state index is 12.1. The molecule has 3 N–H and O–H groups in total. The Bertz CT molecular complexity index is 910. The molecule has 2 aliphatic rings. The van der Waals surface area contributed by atoms with E-state index >= 15 is 0 Å². The van der Waals surface area contributed by atoms with Crippen molar-refractivity contribution >= 4 is 24.0 Å². The number of rotatable bonds is 11. The van der Waals surface area contributed by atoms with E-state index in [0.29, 0.717) is 12.8 Å². The fraction of sp³-hybridized carbons (Fsp3) is 0.692. The lowest BCUT2D eigenvalue weighted by molar-refractivity contribution is -0.139. The number of amides is 2. The van der Waals surface area contributed by atoms with Gasteiger partial charge in [0.05, 0.1) is 13.1 Å². The third-order valence-electron chi connectivity index (χ3n) is 6.24. The number of aliphatic carboxylic acids is 1. The second kappa shape index (κ2) is 12.8. The standard InChI is InChI=1S/C26H40N4O6/c1-26(2,3)36-25(34)30-16-20(17-30)35-24(33)29-21(23(31)32)12-8-6-4-5-7-11-19-14-13-18-10-9-15-27-22(18)28-19/h13-14,20-21H,4-12,15-17H2,1-3H3,(H,27,28)(H,29,33)(H,31,32)/t21-/m0/s1. The number of hydrogen-bond donors (Lipinski definition) is 3. The second-order valence-corrected chi connectivity index (χ2v) is 10.6. The number of carbonyl (C=O) groups excluding carboxylic acids is 2. The quantitative estimate of drug-likeness (QED) is 0.384. The summed E-state index contributed by atoms with van der Waals surface area (Å²) in [7, 11) is 0. The Morgan fingerprint density at radius 2 is 1.89 bits per heavy atom. The minimum atomic E-state index is -1.08. The maximum atomic E-state index is 12.1. The SMILES string of the molecule is CC(C)(C)OC(=O)N1CC(OC(=O)N[C@@H](CCCCCCCc2ccc3c(n2)NCCC3)C(=O)O)C1. The number of nitrogens with one attached hydrogen (secondary N) is 2. The van der Waals surface area contributed by atoms with Crippen molar-refractivity contribution in [3.05, 3.63) is 23.4 Å². The maximum Gasteiger partial charge on any atom is 0.410 e. The van der Waals surface area contributed by atoms with E-state index in [1.54, 1.807) is 20.8 Å². The highest BCUT2D eigenvalue weighted by atomic mass is 16.6. The van der Waals surface area contributed by atoms with Gasteiger partial charge in [0, 0.05) is 12.2 Å². The van der Waals surface area contributed by atoms with Crippen LogP contribution in [0.3, 0.4) is 0 Å². The van der Waals surface area contributed by atoms with Gasteiger partial charge in [-0.15, -0.1) is 0 Å². The fourth-order valence-electron chi connectivity index (χ4n) is 4.27. The summed E-state index contributed by atoms with van der Waals surface area (Å²) >= 11 is 0. The number of pyridine rings is 1. The number of likely N-dealkylation sites (tertiary alicyclic amines) is 1. The molecule has 1 aromatic heterocycles. The monoisotopic (exact) mass is 504 g/mol. The first-order valence-electron chi connectivity index (χ1n) is 13.0. The number of carbonyl (C=O) groups is 3. The van der Waals surface area contributed by atoms with Crippen LogP contribution in [0.4, 0.5) is 15.4 Å². The molecule has 0 aromatic carbocycles. The molecule has 200 valence electrons. The normalized spacial score (nSPS) is 16.2. The van der Waals surface area contributed by atoms with Crippen molar-refractivity contribution < 1.29 is 29.0 Å². The molecular formula is C26H40N4O6. The summed E-state index contributed by atoms with van der Waals surface area (Å²) in [5.41, 5.74) is 1.81. The summed E-state index contributed by atoms with van der Waals surface area (Å²) in [6.45, 7) is 6.80. The molecule has 0 bridgehead atoms. The Hall–Kier alpha value is -3.04. The molecule has 2 amide bonds. The Morgan fingerprint density at radius 1 is 1.17 bits per heavy atom. The Labute approximate surface area is 213 Å². The number of unbranched alkanes of at least 4 members (excludes halogenated alkanes) is 4. The highest BCUT2D eigenvalue weighted by molar-refractivity contribution is 5.80. The summed E-state index contributed by atoms with van der Waals surface area (Å²) in [5, 5.41) is 15.3. The number of ether oxygens (including phenoxy) is 2. The Kier molecular flexibility index (Phi) is 9.78. The zero-order chi connectivity index (χ0) is 26.1. The lowest BCUT2D eigenvalue weighted by Gasteiger charge is -2.38. The van der Waals surface area contributed by atoms with Crippen LogP contribution in [0.15, 0.2) is 12.1 Å². The molecule has 1 atom stereocenters. The van der Waals surface area contributed by atoms with Gasteiger partial charge in [-0.05, 0) is 64.5 Å². The van der Waals surface area contributed by atoms with Crippen LogP contribution in [-0.4, -0.2) is 70.5 Å². The number of hydrogen-bond acceptors (Lipinski definition) is 7. The van der Waals surface area contributed by atoms with Crippen LogP contribution >= 0.6 is 0 Å². The molecule has 10 heteroatoms. The number of aromatic nitrogens is 1. The van der Waals surface area contributed by atoms with Crippen LogP contribution in [0.25, 0.3) is 0 Å². The summed E-state index contributed by atoms with van der Waals surface area (Å²) in [4.78, 5) is 41.8. The third-order valence-corrected chi connectivity index (χ3v) is 6.24. The number of carboxylic acids is 1. The van der Waals surface area contributed by atoms with Gasteiger partial charge in [0.1, 0.15) is 23.6 Å². The predicted octanol–water partition coefficient (Wildman–Crippen LogP) is 4.12. The van der Waals surface area contributed by atoms with Gasteiger partial charge in [0.15, 0.2) is 0 Å². The molecule has 2 aliphatic heterocycles. The number of aryl methyl sites for hydroxylation is 2. The predicted molar refractivity (Wildman–Crippen MR) is 135 cm³/mol. The van der Waals surface area contributed by atoms with E-state index in [2.05, 4.69) is 22.8 Å². The highest BCUT2D eigenvalue weighted by Crippen LogP contribution is 2.21. The average Bonchev–Trinajstić information content (AvgIpc) is 2.78. The van der Waals surface area contributed by atoms with Crippen molar-refractivity contribution in [2.45, 2.75) is 96.3 Å². The number of fused-ring (bicyclic) bond motifs is 1. The van der Waals surface area contributed by atoms with Crippen LogP contribution in [0, 0.1) is 0 Å². The van der Waals surface area contributed by atoms with Gasteiger partial charge < -0.3 is 30.1 Å². The summed E-state index contributed by atoms with van der Waals surface area (Å²) in [6.07, 6.45) is 6.52. The first-order valence-corrected chi connectivity index (χ1v) is 13.0. The first-order chi connectivity index (χ1) is 17.1. The average molecular weight is 505 g/mol. The van der Waals surface area contributed by atoms with Gasteiger partial charge in [-0.2, -0.15) is 0 Å². The van der Waals surface area contributed by atoms with Gasteiger partial charge in [0.25, 0.3) is 0 Å². The zero-order valence-electron chi connectivity index (χ0n) is 21.7. The van der Waals surface area contributed by atoms with Crippen LogP contribution in [-0.2, 0) is 27.1 Å². The van der Waals surface area contributed by atoms with E-state index in [4.69, 9.17) is 14.5 Å². The molecular weight excluding hydrogens is 464 g/mol. The van der Waals surface area contributed by atoms with Crippen LogP contribution in [0.1, 0.15) is 77.0 Å². The molecule has 1 saturated heterocycles. The minimum Gasteiger partial charge on any atom is -0.480 e. The molecule has 0 radical (unpaired) electrons. The van der Waals surface area contributed by atoms with Crippen molar-refractivity contribution in [2.24, 2.45) is 0 Å². The van der Waals surface area contributed by atoms with Crippen molar-refractivity contribution in [2.75, 3.05) is 25.0 Å². The molecule has 0 unspecified atom stereocenters. The Balaban J connectivity index is 1.26. The van der Waals surface area contributed by atoms with Gasteiger partial charge >= 0.3 is 18.2 Å². The van der Waals surface area contributed by atoms with Crippen molar-refractivity contribution in [1.82, 2.24) is 15.2 Å². The summed E-state index contributed by atoms with van der Waals surface area (Å²) in [5.74, 6) is -0.0507. The minimum absolute atomic E-state index is 0.234. The van der Waals surface area contributed by atoms with Crippen molar-refractivity contribution in [3.8, 4) is 0 Å². The van der Waals surface area contributed by atoms with E-state index in [9.17, 15) is 19.5 Å². The van der Waals surface area contributed by atoms with Gasteiger partial charge in [-0.25, -0.2) is 19.4 Å². The number of anilines is 1. The number of carboxylic acid groups (broad SMARTS) is 1. The van der Waals surface area contributed by atoms with Gasteiger partial charge in [-0.3, -0.25) is 0 Å². The molecule has 36 heavy (non-hydrogen) atoms. The van der Waals surface area contributed by atoms with E-state index < -0.39 is 35.9 Å². The van der Waals surface area contributed by atoms with E-state index in [-0.39, 0.29) is 13.1 Å². The second-order valence-electron chi connectivity index (χ2n) is 10.6. The van der Waals surface area contributed by atoms with E-state index in [1.165, 1.54) is 10.5 Å². The molecule has 0 spiro atoms. The molecule has 10 nitrogen and oxygen atoms in total. The lowest BCUT2D eigenvalue weighted by atomic mass is 10.0. The molecule has 1 fully saturated rings. The van der Waals surface area contributed by atoms with Crippen molar-refractivity contribution in [1.29, 1.82) is 0 Å². The zero-order valence-corrected chi connectivity index (χ0v) is 21.7. The summed E-state index contributed by atoms with van der Waals surface area (Å²) in [6, 6.07) is 3.30. The Morgan fingerprint density at radius 3 is 2.61 bits per heavy atom. The van der Waals surface area contributed by atoms with Crippen LogP contribution < -0.4 is 10.6 Å². The molecule has 0 aliphatic carbocycles. The van der Waals surface area contributed by atoms with Crippen LogP contribution in [0.2, 0.25) is 0 Å².